The highest BCUT2D eigenvalue weighted by Crippen LogP contribution is 2.60. The Morgan fingerprint density at radius 2 is 1.50 bits per heavy atom. The Morgan fingerprint density at radius 1 is 0.841 bits per heavy atom. The van der Waals surface area contributed by atoms with Crippen LogP contribution in [0.2, 0.25) is 5.02 Å². The zero-order valence-corrected chi connectivity index (χ0v) is 25.6. The number of rotatable bonds is 12. The Balaban J connectivity index is 0.992. The molecule has 230 valence electrons. The van der Waals surface area contributed by atoms with Gasteiger partial charge in [0.2, 0.25) is 0 Å². The number of hydrogen-bond donors (Lipinski definition) is 2. The van der Waals surface area contributed by atoms with Crippen LogP contribution in [0.1, 0.15) is 56.6 Å². The van der Waals surface area contributed by atoms with Gasteiger partial charge in [0.1, 0.15) is 5.75 Å². The lowest BCUT2D eigenvalue weighted by Crippen LogP contribution is -2.48. The predicted molar refractivity (Wildman–Crippen MR) is 171 cm³/mol. The van der Waals surface area contributed by atoms with Crippen molar-refractivity contribution < 1.29 is 23.8 Å². The fraction of sp³-hybridized carbons (Fsp3) is 0.400. The SMILES string of the molecule is CCOc1cc(/C=N/NC(=O)COc2ccccc2Cl)ccc1OCC(=O)Nc1ccc(C23CC4CC(CC(C4)C2)C3)cc1. The van der Waals surface area contributed by atoms with Gasteiger partial charge in [-0.3, -0.25) is 9.59 Å². The summed E-state index contributed by atoms with van der Waals surface area (Å²) in [5.41, 5.74) is 5.64. The molecule has 0 aliphatic heterocycles. The maximum absolute atomic E-state index is 12.7. The molecule has 0 spiro atoms. The normalized spacial score (nSPS) is 23.4. The van der Waals surface area contributed by atoms with E-state index in [1.807, 2.05) is 19.1 Å². The molecule has 2 amide bonds. The van der Waals surface area contributed by atoms with Crippen molar-refractivity contribution in [3.63, 3.8) is 0 Å². The van der Waals surface area contributed by atoms with Gasteiger partial charge in [-0.1, -0.05) is 35.9 Å². The average Bonchev–Trinajstić information content (AvgIpc) is 3.00. The van der Waals surface area contributed by atoms with Crippen LogP contribution in [-0.2, 0) is 15.0 Å². The van der Waals surface area contributed by atoms with E-state index in [1.54, 1.807) is 42.5 Å². The standard InChI is InChI=1S/C35H38ClN3O5/c1-2-42-32-16-23(20-37-39-34(41)22-43-30-6-4-3-5-29(30)36)7-12-31(32)44-21-33(40)38-28-10-8-27(9-11-28)35-17-24-13-25(18-35)15-26(14-24)19-35/h3-12,16,20,24-26H,2,13-15,17-19,21-22H2,1H3,(H,38,40)(H,39,41)/b37-20+. The number of anilines is 1. The summed E-state index contributed by atoms with van der Waals surface area (Å²) in [6.07, 6.45) is 9.72. The minimum Gasteiger partial charge on any atom is -0.490 e. The Morgan fingerprint density at radius 3 is 2.18 bits per heavy atom. The maximum Gasteiger partial charge on any atom is 0.277 e. The van der Waals surface area contributed by atoms with E-state index in [-0.39, 0.29) is 19.1 Å². The summed E-state index contributed by atoms with van der Waals surface area (Å²) >= 11 is 6.04. The molecule has 0 saturated heterocycles. The summed E-state index contributed by atoms with van der Waals surface area (Å²) in [6, 6.07) is 20.6. The smallest absolute Gasteiger partial charge is 0.277 e. The third-order valence-electron chi connectivity index (χ3n) is 9.04. The average molecular weight is 616 g/mol. The molecular formula is C35H38ClN3O5. The van der Waals surface area contributed by atoms with Crippen LogP contribution in [-0.4, -0.2) is 37.8 Å². The molecule has 9 heteroatoms. The number of para-hydroxylation sites is 1. The summed E-state index contributed by atoms with van der Waals surface area (Å²) < 4.78 is 17.0. The number of halogens is 1. The molecule has 7 rings (SSSR count). The van der Waals surface area contributed by atoms with Crippen LogP contribution in [0.4, 0.5) is 5.69 Å². The summed E-state index contributed by atoms with van der Waals surface area (Å²) in [7, 11) is 0. The molecule has 44 heavy (non-hydrogen) atoms. The molecule has 3 aromatic carbocycles. The molecule has 8 nitrogen and oxygen atoms in total. The molecular weight excluding hydrogens is 578 g/mol. The number of benzene rings is 3. The number of carbonyl (C=O) groups excluding carboxylic acids is 2. The number of hydrogen-bond acceptors (Lipinski definition) is 6. The zero-order chi connectivity index (χ0) is 30.5. The first kappa shape index (κ1) is 30.0. The number of ether oxygens (including phenoxy) is 3. The number of hydrazone groups is 1. The lowest BCUT2D eigenvalue weighted by atomic mass is 9.48. The molecule has 4 bridgehead atoms. The van der Waals surface area contributed by atoms with Crippen LogP contribution in [0.5, 0.6) is 17.2 Å². The van der Waals surface area contributed by atoms with E-state index in [1.165, 1.54) is 50.3 Å². The van der Waals surface area contributed by atoms with Crippen molar-refractivity contribution in [2.45, 2.75) is 50.9 Å². The quantitative estimate of drug-likeness (QED) is 0.173. The molecule has 3 aromatic rings. The van der Waals surface area contributed by atoms with Crippen LogP contribution in [0, 0.1) is 17.8 Å². The molecule has 2 N–H and O–H groups in total. The van der Waals surface area contributed by atoms with E-state index in [0.717, 1.165) is 23.4 Å². The minimum absolute atomic E-state index is 0.161. The maximum atomic E-state index is 12.7. The van der Waals surface area contributed by atoms with E-state index in [9.17, 15) is 9.59 Å². The van der Waals surface area contributed by atoms with Gasteiger partial charge in [0.25, 0.3) is 11.8 Å². The van der Waals surface area contributed by atoms with Crippen LogP contribution in [0.3, 0.4) is 0 Å². The van der Waals surface area contributed by atoms with Crippen LogP contribution in [0.15, 0.2) is 71.8 Å². The van der Waals surface area contributed by atoms with Gasteiger partial charge in [-0.05, 0) is 122 Å². The van der Waals surface area contributed by atoms with E-state index < -0.39 is 5.91 Å². The lowest BCUT2D eigenvalue weighted by Gasteiger charge is -2.57. The Labute approximate surface area is 263 Å². The van der Waals surface area contributed by atoms with Crippen molar-refractivity contribution in [1.82, 2.24) is 5.43 Å². The van der Waals surface area contributed by atoms with Crippen molar-refractivity contribution >= 4 is 35.3 Å². The van der Waals surface area contributed by atoms with Crippen molar-refractivity contribution in [3.05, 3.63) is 82.9 Å². The second-order valence-corrected chi connectivity index (χ2v) is 12.7. The first-order chi connectivity index (χ1) is 21.4. The highest BCUT2D eigenvalue weighted by molar-refractivity contribution is 6.32. The van der Waals surface area contributed by atoms with Gasteiger partial charge in [0, 0.05) is 5.69 Å². The van der Waals surface area contributed by atoms with Gasteiger partial charge < -0.3 is 19.5 Å². The molecule has 0 unspecified atom stereocenters. The third kappa shape index (κ3) is 7.02. The van der Waals surface area contributed by atoms with Crippen molar-refractivity contribution in [1.29, 1.82) is 0 Å². The third-order valence-corrected chi connectivity index (χ3v) is 9.36. The number of nitrogens with zero attached hydrogens (tertiary/aromatic N) is 1. The van der Waals surface area contributed by atoms with Gasteiger partial charge in [0.05, 0.1) is 17.8 Å². The Hall–Kier alpha value is -4.04. The topological polar surface area (TPSA) is 98.2 Å². The van der Waals surface area contributed by atoms with Crippen molar-refractivity contribution in [2.24, 2.45) is 22.9 Å². The van der Waals surface area contributed by atoms with E-state index in [4.69, 9.17) is 25.8 Å². The van der Waals surface area contributed by atoms with E-state index in [2.05, 4.69) is 28.0 Å². The van der Waals surface area contributed by atoms with Gasteiger partial charge in [-0.25, -0.2) is 5.43 Å². The van der Waals surface area contributed by atoms with Gasteiger partial charge in [-0.2, -0.15) is 5.10 Å². The molecule has 4 aliphatic rings. The van der Waals surface area contributed by atoms with Crippen molar-refractivity contribution in [2.75, 3.05) is 25.1 Å². The Kier molecular flexibility index (Phi) is 9.07. The molecule has 0 heterocycles. The molecule has 4 fully saturated rings. The Bertz CT molecular complexity index is 1490. The first-order valence-electron chi connectivity index (χ1n) is 15.4. The van der Waals surface area contributed by atoms with E-state index >= 15 is 0 Å². The minimum atomic E-state index is -0.431. The fourth-order valence-electron chi connectivity index (χ4n) is 7.62. The summed E-state index contributed by atoms with van der Waals surface area (Å²) in [6.45, 7) is 1.89. The largest absolute Gasteiger partial charge is 0.490 e. The number of carbonyl (C=O) groups is 2. The molecule has 4 aliphatic carbocycles. The zero-order valence-electron chi connectivity index (χ0n) is 24.9. The molecule has 0 aromatic heterocycles. The van der Waals surface area contributed by atoms with Gasteiger partial charge in [0.15, 0.2) is 24.7 Å². The first-order valence-corrected chi connectivity index (χ1v) is 15.8. The molecule has 4 saturated carbocycles. The van der Waals surface area contributed by atoms with Crippen LogP contribution >= 0.6 is 11.6 Å². The summed E-state index contributed by atoms with van der Waals surface area (Å²) in [5.74, 6) is 3.34. The number of nitrogens with one attached hydrogen (secondary N) is 2. The second-order valence-electron chi connectivity index (χ2n) is 12.3. The summed E-state index contributed by atoms with van der Waals surface area (Å²) in [5, 5.41) is 7.37. The second kappa shape index (κ2) is 13.3. The molecule has 0 atom stereocenters. The highest BCUT2D eigenvalue weighted by atomic mass is 35.5. The van der Waals surface area contributed by atoms with Crippen LogP contribution < -0.4 is 25.0 Å². The van der Waals surface area contributed by atoms with Gasteiger partial charge >= 0.3 is 0 Å². The van der Waals surface area contributed by atoms with Crippen molar-refractivity contribution in [3.8, 4) is 17.2 Å². The highest BCUT2D eigenvalue weighted by Gasteiger charge is 2.51. The monoisotopic (exact) mass is 615 g/mol. The predicted octanol–water partition coefficient (Wildman–Crippen LogP) is 6.75. The van der Waals surface area contributed by atoms with E-state index in [0.29, 0.717) is 39.9 Å². The summed E-state index contributed by atoms with van der Waals surface area (Å²) in [4.78, 5) is 24.8. The number of amides is 2. The van der Waals surface area contributed by atoms with Gasteiger partial charge in [-0.15, -0.1) is 0 Å². The van der Waals surface area contributed by atoms with Crippen LogP contribution in [0.25, 0.3) is 0 Å². The lowest BCUT2D eigenvalue weighted by molar-refractivity contribution is -0.123. The molecule has 0 radical (unpaired) electrons. The fourth-order valence-corrected chi connectivity index (χ4v) is 7.81.